The van der Waals surface area contributed by atoms with E-state index < -0.39 is 17.8 Å². The monoisotopic (exact) mass is 470 g/mol. The number of rotatable bonds is 8. The van der Waals surface area contributed by atoms with Gasteiger partial charge in [0, 0.05) is 12.5 Å². The minimum Gasteiger partial charge on any atom is -0.497 e. The molecule has 178 valence electrons. The van der Waals surface area contributed by atoms with Crippen LogP contribution in [0.1, 0.15) is 53.6 Å². The molecule has 5 nitrogen and oxygen atoms in total. The zero-order valence-electron chi connectivity index (χ0n) is 18.9. The molecule has 1 N–H and O–H groups in total. The van der Waals surface area contributed by atoms with Crippen molar-refractivity contribution in [2.75, 3.05) is 7.11 Å². The minimum atomic E-state index is -4.39. The number of aliphatic hydroxyl groups is 1. The Morgan fingerprint density at radius 1 is 1.03 bits per heavy atom. The minimum absolute atomic E-state index is 0.342. The van der Waals surface area contributed by atoms with Gasteiger partial charge in [-0.05, 0) is 61.1 Å². The number of unbranched alkanes of at least 4 members (excludes halogenated alkanes) is 1. The van der Waals surface area contributed by atoms with Gasteiger partial charge in [0.15, 0.2) is 0 Å². The standard InChI is InChI=1S/C26H25F3N2O3/c1-18-30-22(16-25(31-18)34-17-19-8-14-23(33-2)15-9-19)6-4-3-5-7-24(32)20-10-12-21(13-11-20)26(27,28)29/h8-16,24,32H,3,5,7,17H2,1-2H3. The third kappa shape index (κ3) is 7.49. The van der Waals surface area contributed by atoms with Gasteiger partial charge in [0.1, 0.15) is 23.9 Å². The van der Waals surface area contributed by atoms with Crippen LogP contribution in [-0.4, -0.2) is 22.2 Å². The third-order valence-electron chi connectivity index (χ3n) is 4.98. The zero-order chi connectivity index (χ0) is 24.6. The van der Waals surface area contributed by atoms with Crippen LogP contribution in [0.25, 0.3) is 0 Å². The van der Waals surface area contributed by atoms with Crippen LogP contribution in [0.3, 0.4) is 0 Å². The van der Waals surface area contributed by atoms with Crippen molar-refractivity contribution < 1.29 is 27.8 Å². The molecule has 1 unspecified atom stereocenters. The first-order valence-corrected chi connectivity index (χ1v) is 10.7. The maximum absolute atomic E-state index is 12.6. The van der Waals surface area contributed by atoms with Gasteiger partial charge in [0.2, 0.25) is 5.88 Å². The molecule has 0 bridgehead atoms. The van der Waals surface area contributed by atoms with E-state index >= 15 is 0 Å². The average molecular weight is 470 g/mol. The molecule has 8 heteroatoms. The van der Waals surface area contributed by atoms with Gasteiger partial charge in [-0.2, -0.15) is 18.2 Å². The number of aliphatic hydroxyl groups excluding tert-OH is 1. The summed E-state index contributed by atoms with van der Waals surface area (Å²) < 4.78 is 48.8. The van der Waals surface area contributed by atoms with E-state index in [1.54, 1.807) is 20.1 Å². The van der Waals surface area contributed by atoms with Crippen LogP contribution in [0.4, 0.5) is 13.2 Å². The summed E-state index contributed by atoms with van der Waals surface area (Å²) in [6.07, 6.45) is -3.76. The van der Waals surface area contributed by atoms with Crippen LogP contribution >= 0.6 is 0 Å². The fourth-order valence-electron chi connectivity index (χ4n) is 3.16. The van der Waals surface area contributed by atoms with Gasteiger partial charge in [0.05, 0.1) is 18.8 Å². The SMILES string of the molecule is COc1ccc(COc2cc(C#CCCCC(O)c3ccc(C(F)(F)F)cc3)nc(C)n2)cc1. The number of methoxy groups -OCH3 is 1. The summed E-state index contributed by atoms with van der Waals surface area (Å²) in [5.74, 6) is 7.71. The molecule has 0 saturated carbocycles. The molecule has 0 aliphatic carbocycles. The Balaban J connectivity index is 1.50. The topological polar surface area (TPSA) is 64.5 Å². The van der Waals surface area contributed by atoms with Gasteiger partial charge in [0.25, 0.3) is 0 Å². The van der Waals surface area contributed by atoms with E-state index in [0.717, 1.165) is 23.4 Å². The predicted molar refractivity (Wildman–Crippen MR) is 121 cm³/mol. The highest BCUT2D eigenvalue weighted by Gasteiger charge is 2.30. The normalized spacial score (nSPS) is 11.9. The van der Waals surface area contributed by atoms with E-state index in [1.807, 2.05) is 24.3 Å². The molecular formula is C26H25F3N2O3. The Kier molecular flexibility index (Phi) is 8.50. The summed E-state index contributed by atoms with van der Waals surface area (Å²) >= 11 is 0. The summed E-state index contributed by atoms with van der Waals surface area (Å²) in [6.45, 7) is 2.10. The summed E-state index contributed by atoms with van der Waals surface area (Å²) in [4.78, 5) is 8.57. The van der Waals surface area contributed by atoms with Gasteiger partial charge in [-0.15, -0.1) is 0 Å². The number of nitrogens with zero attached hydrogens (tertiary/aromatic N) is 2. The molecule has 0 aliphatic heterocycles. The highest BCUT2D eigenvalue weighted by atomic mass is 19.4. The number of aryl methyl sites for hydroxylation is 1. The van der Waals surface area contributed by atoms with Crippen molar-refractivity contribution in [1.82, 2.24) is 9.97 Å². The molecule has 1 atom stereocenters. The van der Waals surface area contributed by atoms with Crippen molar-refractivity contribution in [3.05, 3.63) is 82.8 Å². The fraction of sp³-hybridized carbons (Fsp3) is 0.308. The number of ether oxygens (including phenoxy) is 2. The molecule has 0 fully saturated rings. The molecule has 3 aromatic rings. The maximum Gasteiger partial charge on any atom is 0.416 e. The smallest absolute Gasteiger partial charge is 0.416 e. The first kappa shape index (κ1) is 25.1. The first-order chi connectivity index (χ1) is 16.2. The molecule has 34 heavy (non-hydrogen) atoms. The Labute approximate surface area is 196 Å². The largest absolute Gasteiger partial charge is 0.497 e. The van der Waals surface area contributed by atoms with Crippen LogP contribution in [0.15, 0.2) is 54.6 Å². The molecule has 0 saturated heterocycles. The van der Waals surface area contributed by atoms with Gasteiger partial charge < -0.3 is 14.6 Å². The van der Waals surface area contributed by atoms with Crippen molar-refractivity contribution in [3.63, 3.8) is 0 Å². The zero-order valence-corrected chi connectivity index (χ0v) is 18.9. The Morgan fingerprint density at radius 2 is 1.74 bits per heavy atom. The molecule has 3 rings (SSSR count). The number of benzene rings is 2. The highest BCUT2D eigenvalue weighted by Crippen LogP contribution is 2.30. The summed E-state index contributed by atoms with van der Waals surface area (Å²) in [6, 6.07) is 13.8. The summed E-state index contributed by atoms with van der Waals surface area (Å²) in [7, 11) is 1.61. The summed E-state index contributed by atoms with van der Waals surface area (Å²) in [5, 5.41) is 10.2. The highest BCUT2D eigenvalue weighted by molar-refractivity contribution is 5.32. The molecular weight excluding hydrogens is 445 g/mol. The van der Waals surface area contributed by atoms with Crippen molar-refractivity contribution in [2.24, 2.45) is 0 Å². The van der Waals surface area contributed by atoms with Gasteiger partial charge in [-0.25, -0.2) is 4.98 Å². The van der Waals surface area contributed by atoms with Crippen LogP contribution < -0.4 is 9.47 Å². The van der Waals surface area contributed by atoms with Crippen molar-refractivity contribution in [3.8, 4) is 23.5 Å². The van der Waals surface area contributed by atoms with Crippen LogP contribution in [-0.2, 0) is 12.8 Å². The number of aromatic nitrogens is 2. The van der Waals surface area contributed by atoms with Crippen LogP contribution in [0.5, 0.6) is 11.6 Å². The number of alkyl halides is 3. The lowest BCUT2D eigenvalue weighted by Gasteiger charge is -2.12. The maximum atomic E-state index is 12.6. The van der Waals surface area contributed by atoms with E-state index in [0.29, 0.717) is 48.8 Å². The third-order valence-corrected chi connectivity index (χ3v) is 4.98. The lowest BCUT2D eigenvalue weighted by molar-refractivity contribution is -0.137. The Morgan fingerprint density at radius 3 is 2.38 bits per heavy atom. The molecule has 1 aromatic heterocycles. The summed E-state index contributed by atoms with van der Waals surface area (Å²) in [5.41, 5.74) is 1.21. The quantitative estimate of drug-likeness (QED) is 0.341. The fourth-order valence-corrected chi connectivity index (χ4v) is 3.16. The second-order valence-corrected chi connectivity index (χ2v) is 7.60. The van der Waals surface area contributed by atoms with Crippen molar-refractivity contribution >= 4 is 0 Å². The molecule has 0 spiro atoms. The van der Waals surface area contributed by atoms with E-state index in [2.05, 4.69) is 21.8 Å². The average Bonchev–Trinajstić information content (AvgIpc) is 2.82. The van der Waals surface area contributed by atoms with Crippen molar-refractivity contribution in [2.45, 2.75) is 45.1 Å². The Bertz CT molecular complexity index is 1140. The van der Waals surface area contributed by atoms with Crippen molar-refractivity contribution in [1.29, 1.82) is 0 Å². The molecule has 0 amide bonds. The lowest BCUT2D eigenvalue weighted by atomic mass is 10.0. The number of halogens is 3. The predicted octanol–water partition coefficient (Wildman–Crippen LogP) is 5.65. The van der Waals surface area contributed by atoms with E-state index in [4.69, 9.17) is 9.47 Å². The van der Waals surface area contributed by atoms with E-state index in [9.17, 15) is 18.3 Å². The van der Waals surface area contributed by atoms with Gasteiger partial charge >= 0.3 is 6.18 Å². The second kappa shape index (κ2) is 11.5. The number of hydrogen-bond acceptors (Lipinski definition) is 5. The van der Waals surface area contributed by atoms with Crippen LogP contribution in [0, 0.1) is 18.8 Å². The molecule has 0 aliphatic rings. The first-order valence-electron chi connectivity index (χ1n) is 10.7. The van der Waals surface area contributed by atoms with E-state index in [-0.39, 0.29) is 0 Å². The Hall–Kier alpha value is -3.57. The molecule has 0 radical (unpaired) electrons. The van der Waals surface area contributed by atoms with E-state index in [1.165, 1.54) is 12.1 Å². The number of hydrogen-bond donors (Lipinski definition) is 1. The molecule has 1 heterocycles. The molecule has 2 aromatic carbocycles. The second-order valence-electron chi connectivity index (χ2n) is 7.60. The van der Waals surface area contributed by atoms with Gasteiger partial charge in [-0.1, -0.05) is 30.2 Å². The van der Waals surface area contributed by atoms with Crippen LogP contribution in [0.2, 0.25) is 0 Å². The van der Waals surface area contributed by atoms with Gasteiger partial charge in [-0.3, -0.25) is 0 Å². The lowest BCUT2D eigenvalue weighted by Crippen LogP contribution is -2.05.